The highest BCUT2D eigenvalue weighted by molar-refractivity contribution is 5.80. The molecule has 2 fully saturated rings. The zero-order valence-electron chi connectivity index (χ0n) is 13.9. The van der Waals surface area contributed by atoms with Crippen LogP contribution in [0.4, 0.5) is 4.39 Å². The van der Waals surface area contributed by atoms with E-state index < -0.39 is 0 Å². The van der Waals surface area contributed by atoms with Crippen LogP contribution in [0.15, 0.2) is 18.2 Å². The van der Waals surface area contributed by atoms with Gasteiger partial charge in [-0.1, -0.05) is 6.07 Å². The van der Waals surface area contributed by atoms with Crippen molar-refractivity contribution in [2.45, 2.75) is 38.4 Å². The molecule has 1 amide bonds. The second-order valence-corrected chi connectivity index (χ2v) is 7.32. The highest BCUT2D eigenvalue weighted by atomic mass is 19.1. The Morgan fingerprint density at radius 2 is 2.09 bits per heavy atom. The van der Waals surface area contributed by atoms with Crippen LogP contribution in [0.2, 0.25) is 0 Å². The molecule has 0 aromatic heterocycles. The number of rotatable bonds is 5. The van der Waals surface area contributed by atoms with Crippen LogP contribution in [0.5, 0.6) is 0 Å². The Morgan fingerprint density at radius 3 is 2.74 bits per heavy atom. The molecule has 5 heteroatoms. The highest BCUT2D eigenvalue weighted by Gasteiger charge is 2.48. The van der Waals surface area contributed by atoms with Gasteiger partial charge in [-0.2, -0.15) is 0 Å². The topological polar surface area (TPSA) is 58.4 Å². The van der Waals surface area contributed by atoms with E-state index in [0.717, 1.165) is 18.4 Å². The molecule has 126 valence electrons. The molecule has 0 spiro atoms. The highest BCUT2D eigenvalue weighted by Crippen LogP contribution is 2.47. The number of hydrogen-bond acceptors (Lipinski definition) is 3. The summed E-state index contributed by atoms with van der Waals surface area (Å²) >= 11 is 0. The normalized spacial score (nSPS) is 29.3. The average molecular weight is 319 g/mol. The monoisotopic (exact) mass is 319 g/mol. The van der Waals surface area contributed by atoms with Gasteiger partial charge in [0.15, 0.2) is 0 Å². The van der Waals surface area contributed by atoms with Crippen LogP contribution < -0.4 is 11.1 Å². The molecule has 2 aliphatic carbocycles. The fourth-order valence-electron chi connectivity index (χ4n) is 4.23. The third-order valence-electron chi connectivity index (χ3n) is 5.35. The number of nitrogens with zero attached hydrogens (tertiary/aromatic N) is 1. The van der Waals surface area contributed by atoms with Crippen LogP contribution in [-0.2, 0) is 17.9 Å². The first-order chi connectivity index (χ1) is 11.0. The summed E-state index contributed by atoms with van der Waals surface area (Å²) in [5.41, 5.74) is 7.79. The van der Waals surface area contributed by atoms with E-state index in [-0.39, 0.29) is 23.7 Å². The Labute approximate surface area is 137 Å². The summed E-state index contributed by atoms with van der Waals surface area (Å²) in [4.78, 5) is 14.4. The van der Waals surface area contributed by atoms with E-state index in [1.54, 1.807) is 6.07 Å². The van der Waals surface area contributed by atoms with E-state index >= 15 is 0 Å². The molecule has 1 aromatic carbocycles. The Bertz CT molecular complexity index is 588. The molecule has 2 bridgehead atoms. The lowest BCUT2D eigenvalue weighted by Crippen LogP contribution is -2.45. The van der Waals surface area contributed by atoms with Crippen molar-refractivity contribution in [3.8, 4) is 0 Å². The molecule has 4 unspecified atom stereocenters. The summed E-state index contributed by atoms with van der Waals surface area (Å²) < 4.78 is 13.8. The van der Waals surface area contributed by atoms with Crippen molar-refractivity contribution >= 4 is 5.91 Å². The van der Waals surface area contributed by atoms with Crippen LogP contribution in [0.3, 0.4) is 0 Å². The van der Waals surface area contributed by atoms with Gasteiger partial charge in [0.2, 0.25) is 5.91 Å². The zero-order chi connectivity index (χ0) is 16.6. The molecule has 0 saturated heterocycles. The van der Waals surface area contributed by atoms with E-state index in [4.69, 9.17) is 5.73 Å². The second-order valence-electron chi connectivity index (χ2n) is 7.32. The minimum atomic E-state index is -0.205. The van der Waals surface area contributed by atoms with Crippen LogP contribution in [-0.4, -0.2) is 30.9 Å². The summed E-state index contributed by atoms with van der Waals surface area (Å²) in [6.07, 6.45) is 3.39. The van der Waals surface area contributed by atoms with Crippen molar-refractivity contribution in [2.24, 2.45) is 23.5 Å². The van der Waals surface area contributed by atoms with E-state index in [1.165, 1.54) is 12.5 Å². The Morgan fingerprint density at radius 1 is 1.35 bits per heavy atom. The van der Waals surface area contributed by atoms with Crippen LogP contribution in [0.25, 0.3) is 0 Å². The predicted molar refractivity (Wildman–Crippen MR) is 87.9 cm³/mol. The molecule has 23 heavy (non-hydrogen) atoms. The van der Waals surface area contributed by atoms with E-state index in [1.807, 2.05) is 25.1 Å². The summed E-state index contributed by atoms with van der Waals surface area (Å²) in [6, 6.07) is 5.04. The summed E-state index contributed by atoms with van der Waals surface area (Å²) in [5, 5.41) is 3.00. The first-order valence-corrected chi connectivity index (χ1v) is 8.41. The maximum atomic E-state index is 13.8. The number of benzene rings is 1. The Balaban J connectivity index is 1.61. The molecule has 4 atom stereocenters. The van der Waals surface area contributed by atoms with E-state index in [2.05, 4.69) is 5.32 Å². The van der Waals surface area contributed by atoms with Gasteiger partial charge >= 0.3 is 0 Å². The third kappa shape index (κ3) is 3.40. The predicted octanol–water partition coefficient (Wildman–Crippen LogP) is 1.88. The number of carbonyl (C=O) groups is 1. The minimum absolute atomic E-state index is 0.00581. The molecule has 3 N–H and O–H groups in total. The van der Waals surface area contributed by atoms with Gasteiger partial charge in [0, 0.05) is 24.7 Å². The SMILES string of the molecule is CN(C)Cc1cc(CNC(=O)C2C3CCC(C3)C2N)ccc1F. The van der Waals surface area contributed by atoms with Gasteiger partial charge in [0.1, 0.15) is 5.82 Å². The molecule has 0 aliphatic heterocycles. The van der Waals surface area contributed by atoms with Gasteiger partial charge in [0.05, 0.1) is 5.92 Å². The lowest BCUT2D eigenvalue weighted by molar-refractivity contribution is -0.127. The molecule has 1 aromatic rings. The van der Waals surface area contributed by atoms with Gasteiger partial charge in [-0.3, -0.25) is 4.79 Å². The zero-order valence-corrected chi connectivity index (χ0v) is 13.9. The van der Waals surface area contributed by atoms with Crippen LogP contribution in [0.1, 0.15) is 30.4 Å². The number of nitrogens with one attached hydrogen (secondary N) is 1. The Kier molecular flexibility index (Phi) is 4.69. The second kappa shape index (κ2) is 6.57. The molecule has 2 aliphatic rings. The molecule has 0 radical (unpaired) electrons. The average Bonchev–Trinajstić information content (AvgIpc) is 3.08. The van der Waals surface area contributed by atoms with Crippen molar-refractivity contribution < 1.29 is 9.18 Å². The van der Waals surface area contributed by atoms with Gasteiger partial charge in [-0.05, 0) is 62.9 Å². The maximum absolute atomic E-state index is 13.8. The van der Waals surface area contributed by atoms with E-state index in [0.29, 0.717) is 30.5 Å². The standard InChI is InChI=1S/C18H26FN3O/c1-22(2)10-14-7-11(3-6-15(14)19)9-21-18(23)16-12-4-5-13(8-12)17(16)20/h3,6-7,12-13,16-17H,4-5,8-10,20H2,1-2H3,(H,21,23). The van der Waals surface area contributed by atoms with Crippen LogP contribution >= 0.6 is 0 Å². The molecule has 3 rings (SSSR count). The number of hydrogen-bond donors (Lipinski definition) is 2. The Hall–Kier alpha value is -1.46. The first kappa shape index (κ1) is 16.4. The van der Waals surface area contributed by atoms with Gasteiger partial charge in [0.25, 0.3) is 0 Å². The molecule has 2 saturated carbocycles. The number of nitrogens with two attached hydrogens (primary N) is 1. The largest absolute Gasteiger partial charge is 0.352 e. The minimum Gasteiger partial charge on any atom is -0.352 e. The van der Waals surface area contributed by atoms with Crippen molar-refractivity contribution in [3.63, 3.8) is 0 Å². The molecule has 0 heterocycles. The quantitative estimate of drug-likeness (QED) is 0.871. The number of halogens is 1. The van der Waals surface area contributed by atoms with Crippen molar-refractivity contribution in [2.75, 3.05) is 14.1 Å². The number of fused-ring (bicyclic) bond motifs is 2. The summed E-state index contributed by atoms with van der Waals surface area (Å²) in [5.74, 6) is 0.781. The van der Waals surface area contributed by atoms with Gasteiger partial charge in [-0.25, -0.2) is 4.39 Å². The fourth-order valence-corrected chi connectivity index (χ4v) is 4.23. The molecular weight excluding hydrogens is 293 g/mol. The number of amides is 1. The van der Waals surface area contributed by atoms with Crippen molar-refractivity contribution in [1.82, 2.24) is 10.2 Å². The molecular formula is C18H26FN3O. The number of carbonyl (C=O) groups excluding carboxylic acids is 1. The smallest absolute Gasteiger partial charge is 0.225 e. The fraction of sp³-hybridized carbons (Fsp3) is 0.611. The summed E-state index contributed by atoms with van der Waals surface area (Å²) in [6.45, 7) is 0.977. The van der Waals surface area contributed by atoms with Crippen molar-refractivity contribution in [3.05, 3.63) is 35.1 Å². The lowest BCUT2D eigenvalue weighted by Gasteiger charge is -2.27. The van der Waals surface area contributed by atoms with Crippen LogP contribution in [0, 0.1) is 23.6 Å². The van der Waals surface area contributed by atoms with E-state index in [9.17, 15) is 9.18 Å². The summed E-state index contributed by atoms with van der Waals surface area (Å²) in [7, 11) is 3.81. The lowest BCUT2D eigenvalue weighted by atomic mass is 9.84. The van der Waals surface area contributed by atoms with Gasteiger partial charge in [-0.15, -0.1) is 0 Å². The molecule has 4 nitrogen and oxygen atoms in total. The maximum Gasteiger partial charge on any atom is 0.225 e. The third-order valence-corrected chi connectivity index (χ3v) is 5.35. The first-order valence-electron chi connectivity index (χ1n) is 8.41. The van der Waals surface area contributed by atoms with Crippen molar-refractivity contribution in [1.29, 1.82) is 0 Å². The van der Waals surface area contributed by atoms with Gasteiger partial charge < -0.3 is 16.0 Å².